The molecule has 0 aliphatic heterocycles. The van der Waals surface area contributed by atoms with Crippen molar-refractivity contribution >= 4 is 29.0 Å². The van der Waals surface area contributed by atoms with Crippen molar-refractivity contribution in [2.75, 3.05) is 17.7 Å². The second-order valence-electron chi connectivity index (χ2n) is 5.01. The topological polar surface area (TPSA) is 63.5 Å². The average Bonchev–Trinajstić information content (AvgIpc) is 2.58. The van der Waals surface area contributed by atoms with Crippen molar-refractivity contribution in [1.29, 1.82) is 0 Å². The van der Waals surface area contributed by atoms with Gasteiger partial charge < -0.3 is 4.90 Å². The Labute approximate surface area is 145 Å². The summed E-state index contributed by atoms with van der Waals surface area (Å²) in [7, 11) is 1.55. The highest BCUT2D eigenvalue weighted by atomic mass is 32.2. The number of rotatable bonds is 5. The van der Waals surface area contributed by atoms with Gasteiger partial charge in [-0.05, 0) is 24.3 Å². The van der Waals surface area contributed by atoms with E-state index in [1.54, 1.807) is 37.4 Å². The van der Waals surface area contributed by atoms with E-state index in [1.165, 1.54) is 4.90 Å². The first-order valence-electron chi connectivity index (χ1n) is 7.00. The second-order valence-corrected chi connectivity index (χ2v) is 6.03. The van der Waals surface area contributed by atoms with Crippen LogP contribution in [0.5, 0.6) is 0 Å². The Kier molecular flexibility index (Phi) is 5.68. The zero-order valence-electron chi connectivity index (χ0n) is 13.0. The molecule has 0 saturated carbocycles. The molecule has 0 heterocycles. The summed E-state index contributed by atoms with van der Waals surface area (Å²) in [5.74, 6) is -0.470. The van der Waals surface area contributed by atoms with Crippen LogP contribution in [0.4, 0.5) is 24.5 Å². The number of thioether (sulfide) groups is 1. The fraction of sp³-hybridized carbons (Fsp3) is 0.188. The van der Waals surface area contributed by atoms with Crippen LogP contribution in [-0.4, -0.2) is 23.6 Å². The summed E-state index contributed by atoms with van der Waals surface area (Å²) in [4.78, 5) is 23.7. The fourth-order valence-corrected chi connectivity index (χ4v) is 2.91. The van der Waals surface area contributed by atoms with Gasteiger partial charge in [0.25, 0.3) is 5.69 Å². The molecular formula is C16H13F3N2O3S. The van der Waals surface area contributed by atoms with Crippen LogP contribution in [0.25, 0.3) is 0 Å². The molecule has 0 aliphatic rings. The summed E-state index contributed by atoms with van der Waals surface area (Å²) >= 11 is 0.826. The van der Waals surface area contributed by atoms with Gasteiger partial charge in [0.15, 0.2) is 0 Å². The number of carbonyl (C=O) groups is 1. The minimum absolute atomic E-state index is 0.00723. The van der Waals surface area contributed by atoms with Crippen molar-refractivity contribution in [3.8, 4) is 0 Å². The quantitative estimate of drug-likeness (QED) is 0.445. The van der Waals surface area contributed by atoms with Crippen molar-refractivity contribution in [3.63, 3.8) is 0 Å². The van der Waals surface area contributed by atoms with Crippen molar-refractivity contribution in [2.24, 2.45) is 0 Å². The van der Waals surface area contributed by atoms with Gasteiger partial charge in [-0.15, -0.1) is 11.8 Å². The highest BCUT2D eigenvalue weighted by molar-refractivity contribution is 8.00. The molecule has 0 bridgehead atoms. The Morgan fingerprint density at radius 2 is 1.84 bits per heavy atom. The molecule has 0 unspecified atom stereocenters. The number of nitrogens with zero attached hydrogens (tertiary/aromatic N) is 2. The standard InChI is InChI=1S/C16H13F3N2O3S/c1-20(12-5-3-2-4-6-12)15(22)10-25-14-8-7-11(16(17,18)19)9-13(14)21(23)24/h2-9H,10H2,1H3. The molecule has 132 valence electrons. The molecule has 25 heavy (non-hydrogen) atoms. The third kappa shape index (κ3) is 4.72. The van der Waals surface area contributed by atoms with Gasteiger partial charge in [0, 0.05) is 18.8 Å². The maximum atomic E-state index is 12.7. The third-order valence-electron chi connectivity index (χ3n) is 3.35. The molecule has 9 heteroatoms. The lowest BCUT2D eigenvalue weighted by Crippen LogP contribution is -2.27. The fourth-order valence-electron chi connectivity index (χ4n) is 1.99. The number of benzene rings is 2. The molecule has 5 nitrogen and oxygen atoms in total. The number of halogens is 3. The lowest BCUT2D eigenvalue weighted by atomic mass is 10.2. The molecule has 0 N–H and O–H groups in total. The van der Waals surface area contributed by atoms with Gasteiger partial charge in [0.05, 0.1) is 21.1 Å². The van der Waals surface area contributed by atoms with E-state index >= 15 is 0 Å². The first-order chi connectivity index (χ1) is 11.7. The van der Waals surface area contributed by atoms with E-state index in [0.29, 0.717) is 11.8 Å². The Morgan fingerprint density at radius 3 is 2.40 bits per heavy atom. The van der Waals surface area contributed by atoms with E-state index in [4.69, 9.17) is 0 Å². The molecule has 0 fully saturated rings. The monoisotopic (exact) mass is 370 g/mol. The van der Waals surface area contributed by atoms with Gasteiger partial charge in [0.2, 0.25) is 5.91 Å². The number of anilines is 1. The number of hydrogen-bond acceptors (Lipinski definition) is 4. The highest BCUT2D eigenvalue weighted by Crippen LogP contribution is 2.36. The minimum atomic E-state index is -4.67. The number of hydrogen-bond donors (Lipinski definition) is 0. The van der Waals surface area contributed by atoms with Gasteiger partial charge in [0.1, 0.15) is 0 Å². The second kappa shape index (κ2) is 7.56. The summed E-state index contributed by atoms with van der Waals surface area (Å²) in [6.07, 6.45) is -4.67. The SMILES string of the molecule is CN(C(=O)CSc1ccc(C(F)(F)F)cc1[N+](=O)[O-])c1ccccc1. The number of nitro groups is 1. The molecule has 1 amide bonds. The maximum Gasteiger partial charge on any atom is 0.416 e. The van der Waals surface area contributed by atoms with E-state index < -0.39 is 22.4 Å². The smallest absolute Gasteiger partial charge is 0.315 e. The third-order valence-corrected chi connectivity index (χ3v) is 4.40. The lowest BCUT2D eigenvalue weighted by molar-refractivity contribution is -0.388. The molecule has 0 aromatic heterocycles. The van der Waals surface area contributed by atoms with Crippen LogP contribution < -0.4 is 4.90 Å². The van der Waals surface area contributed by atoms with Gasteiger partial charge in [-0.1, -0.05) is 18.2 Å². The van der Waals surface area contributed by atoms with Crippen molar-refractivity contribution in [3.05, 3.63) is 64.2 Å². The van der Waals surface area contributed by atoms with E-state index in [9.17, 15) is 28.1 Å². The number of amides is 1. The number of alkyl halides is 3. The summed E-state index contributed by atoms with van der Waals surface area (Å²) in [6, 6.07) is 11.0. The zero-order valence-corrected chi connectivity index (χ0v) is 13.8. The molecular weight excluding hydrogens is 357 g/mol. The summed E-state index contributed by atoms with van der Waals surface area (Å²) in [6.45, 7) is 0. The minimum Gasteiger partial charge on any atom is -0.315 e. The van der Waals surface area contributed by atoms with Gasteiger partial charge >= 0.3 is 6.18 Å². The Hall–Kier alpha value is -2.55. The molecule has 0 aliphatic carbocycles. The molecule has 0 spiro atoms. The first kappa shape index (κ1) is 18.8. The summed E-state index contributed by atoms with van der Waals surface area (Å²) in [5, 5.41) is 11.0. The van der Waals surface area contributed by atoms with E-state index in [1.807, 2.05) is 0 Å². The number of nitro benzene ring substituents is 1. The van der Waals surface area contributed by atoms with Crippen molar-refractivity contribution in [2.45, 2.75) is 11.1 Å². The van der Waals surface area contributed by atoms with Crippen LogP contribution in [0.2, 0.25) is 0 Å². The van der Waals surface area contributed by atoms with Gasteiger partial charge in [-0.25, -0.2) is 0 Å². The first-order valence-corrected chi connectivity index (χ1v) is 7.98. The van der Waals surface area contributed by atoms with E-state index in [-0.39, 0.29) is 16.6 Å². The summed E-state index contributed by atoms with van der Waals surface area (Å²) in [5.41, 5.74) is -1.12. The van der Waals surface area contributed by atoms with Crippen LogP contribution in [0.3, 0.4) is 0 Å². The highest BCUT2D eigenvalue weighted by Gasteiger charge is 2.33. The molecule has 2 rings (SSSR count). The van der Waals surface area contributed by atoms with E-state index in [2.05, 4.69) is 0 Å². The number of carbonyl (C=O) groups excluding carboxylic acids is 1. The van der Waals surface area contributed by atoms with Gasteiger partial charge in [-0.2, -0.15) is 13.2 Å². The molecule has 0 atom stereocenters. The van der Waals surface area contributed by atoms with Crippen LogP contribution in [-0.2, 0) is 11.0 Å². The average molecular weight is 370 g/mol. The predicted molar refractivity (Wildman–Crippen MR) is 88.7 cm³/mol. The van der Waals surface area contributed by atoms with Crippen LogP contribution in [0.1, 0.15) is 5.56 Å². The van der Waals surface area contributed by atoms with Crippen molar-refractivity contribution in [1.82, 2.24) is 0 Å². The largest absolute Gasteiger partial charge is 0.416 e. The molecule has 2 aromatic rings. The van der Waals surface area contributed by atoms with E-state index in [0.717, 1.165) is 23.9 Å². The Bertz CT molecular complexity index is 782. The van der Waals surface area contributed by atoms with Crippen molar-refractivity contribution < 1.29 is 22.9 Å². The summed E-state index contributed by atoms with van der Waals surface area (Å²) < 4.78 is 38.0. The maximum absolute atomic E-state index is 12.7. The van der Waals surface area contributed by atoms with Crippen LogP contribution in [0, 0.1) is 10.1 Å². The Balaban J connectivity index is 2.15. The van der Waals surface area contributed by atoms with Crippen LogP contribution in [0.15, 0.2) is 53.4 Å². The lowest BCUT2D eigenvalue weighted by Gasteiger charge is -2.17. The molecule has 2 aromatic carbocycles. The molecule has 0 radical (unpaired) electrons. The van der Waals surface area contributed by atoms with Gasteiger partial charge in [-0.3, -0.25) is 14.9 Å². The molecule has 0 saturated heterocycles. The Morgan fingerprint density at radius 1 is 1.20 bits per heavy atom. The zero-order chi connectivity index (χ0) is 18.6. The predicted octanol–water partition coefficient (Wildman–Crippen LogP) is 4.37. The van der Waals surface area contributed by atoms with Crippen LogP contribution >= 0.6 is 11.8 Å². The number of para-hydroxylation sites is 1. The normalized spacial score (nSPS) is 11.2.